The Hall–Kier alpha value is -5.08. The summed E-state index contributed by atoms with van der Waals surface area (Å²) in [6.07, 6.45) is 0. The number of esters is 2. The standard InChI is InChI=1S/C33H40N4O10/c1-20-26(30(38)44-17-15-42-5)28(34-32(40)36(20)3)22-11-7-9-13-24(22)46-19-47-25-14-10-8-12-23(25)29-27(31(39)45-18-16-43-6)21(2)37(4)33(41)35-29/h7-14,28-29H,15-19H2,1-6H3,(H,34,40)(H,35,41). The lowest BCUT2D eigenvalue weighted by Gasteiger charge is -2.34. The van der Waals surface area contributed by atoms with Crippen molar-refractivity contribution in [3.63, 3.8) is 0 Å². The summed E-state index contributed by atoms with van der Waals surface area (Å²) < 4.78 is 32.9. The summed E-state index contributed by atoms with van der Waals surface area (Å²) in [5, 5.41) is 5.71. The summed E-state index contributed by atoms with van der Waals surface area (Å²) in [5.74, 6) is -0.506. The van der Waals surface area contributed by atoms with Gasteiger partial charge in [0.05, 0.1) is 36.4 Å². The zero-order chi connectivity index (χ0) is 34.1. The van der Waals surface area contributed by atoms with E-state index in [9.17, 15) is 19.2 Å². The van der Waals surface area contributed by atoms with Crippen molar-refractivity contribution in [3.8, 4) is 11.5 Å². The molecule has 4 amide bonds. The lowest BCUT2D eigenvalue weighted by molar-refractivity contribution is -0.141. The van der Waals surface area contributed by atoms with Gasteiger partial charge in [0, 0.05) is 50.8 Å². The number of carbonyl (C=O) groups excluding carboxylic acids is 4. The Kier molecular flexibility index (Phi) is 11.8. The highest BCUT2D eigenvalue weighted by molar-refractivity contribution is 5.96. The first-order chi connectivity index (χ1) is 22.6. The molecule has 2 aromatic carbocycles. The molecular weight excluding hydrogens is 612 g/mol. The third kappa shape index (κ3) is 7.84. The van der Waals surface area contributed by atoms with Crippen LogP contribution in [0, 0.1) is 0 Å². The number of amides is 4. The SMILES string of the molecule is COCCOC(=O)C1=C(C)N(C)C(=O)NC1c1ccccc1OCOc1ccccc1C1NC(=O)N(C)C(C)=C1C(=O)OCCOC. The van der Waals surface area contributed by atoms with Gasteiger partial charge in [-0.15, -0.1) is 0 Å². The molecule has 2 aliphatic heterocycles. The molecule has 0 radical (unpaired) electrons. The number of allylic oxidation sites excluding steroid dienone is 2. The van der Waals surface area contributed by atoms with Crippen LogP contribution >= 0.6 is 0 Å². The zero-order valence-corrected chi connectivity index (χ0v) is 27.3. The number of carbonyl (C=O) groups is 4. The number of ether oxygens (including phenoxy) is 6. The van der Waals surface area contributed by atoms with E-state index >= 15 is 0 Å². The van der Waals surface area contributed by atoms with Crippen molar-refractivity contribution in [2.45, 2.75) is 25.9 Å². The van der Waals surface area contributed by atoms with E-state index in [2.05, 4.69) is 10.6 Å². The number of hydrogen-bond acceptors (Lipinski definition) is 10. The van der Waals surface area contributed by atoms with Crippen molar-refractivity contribution < 1.29 is 47.6 Å². The van der Waals surface area contributed by atoms with Crippen molar-refractivity contribution >= 4 is 24.0 Å². The topological polar surface area (TPSA) is 154 Å². The van der Waals surface area contributed by atoms with Crippen LogP contribution in [0.5, 0.6) is 11.5 Å². The van der Waals surface area contributed by atoms with E-state index in [1.165, 1.54) is 24.0 Å². The molecule has 2 atom stereocenters. The minimum absolute atomic E-state index is 0.0426. The van der Waals surface area contributed by atoms with Crippen molar-refractivity contribution in [1.29, 1.82) is 0 Å². The molecule has 0 aromatic heterocycles. The molecule has 0 saturated carbocycles. The van der Waals surface area contributed by atoms with Crippen molar-refractivity contribution in [1.82, 2.24) is 20.4 Å². The van der Waals surface area contributed by atoms with Crippen molar-refractivity contribution in [2.24, 2.45) is 0 Å². The Morgan fingerprint density at radius 1 is 0.660 bits per heavy atom. The van der Waals surface area contributed by atoms with E-state index in [-0.39, 0.29) is 44.4 Å². The number of urea groups is 2. The minimum atomic E-state index is -0.869. The predicted octanol–water partition coefficient (Wildman–Crippen LogP) is 3.42. The van der Waals surface area contributed by atoms with Gasteiger partial charge in [-0.25, -0.2) is 19.2 Å². The second-order valence-electron chi connectivity index (χ2n) is 10.6. The molecule has 0 bridgehead atoms. The third-order valence-electron chi connectivity index (χ3n) is 7.88. The average Bonchev–Trinajstić information content (AvgIpc) is 3.06. The Bertz CT molecular complexity index is 1440. The molecule has 0 spiro atoms. The molecule has 0 fully saturated rings. The van der Waals surface area contributed by atoms with Gasteiger partial charge in [-0.3, -0.25) is 0 Å². The maximum Gasteiger partial charge on any atom is 0.338 e. The van der Waals surface area contributed by atoms with E-state index in [0.29, 0.717) is 34.0 Å². The molecule has 0 saturated heterocycles. The van der Waals surface area contributed by atoms with E-state index in [4.69, 9.17) is 28.4 Å². The average molecular weight is 653 g/mol. The molecule has 0 aliphatic carbocycles. The smallest absolute Gasteiger partial charge is 0.338 e. The monoisotopic (exact) mass is 652 g/mol. The van der Waals surface area contributed by atoms with Gasteiger partial charge in [-0.2, -0.15) is 0 Å². The second kappa shape index (κ2) is 16.0. The maximum atomic E-state index is 13.2. The molecule has 2 N–H and O–H groups in total. The first kappa shape index (κ1) is 34.8. The molecule has 2 aromatic rings. The summed E-state index contributed by atoms with van der Waals surface area (Å²) >= 11 is 0. The van der Waals surface area contributed by atoms with Crippen LogP contribution < -0.4 is 20.1 Å². The number of rotatable bonds is 14. The molecule has 2 heterocycles. The van der Waals surface area contributed by atoms with Crippen LogP contribution in [0.3, 0.4) is 0 Å². The molecule has 2 aliphatic rings. The first-order valence-corrected chi connectivity index (χ1v) is 14.9. The number of hydrogen-bond donors (Lipinski definition) is 2. The van der Waals surface area contributed by atoms with Gasteiger partial charge in [0.15, 0.2) is 0 Å². The molecule has 14 heteroatoms. The van der Waals surface area contributed by atoms with Crippen LogP contribution in [-0.4, -0.2) is 95.3 Å². The Balaban J connectivity index is 1.58. The summed E-state index contributed by atoms with van der Waals surface area (Å²) in [7, 11) is 6.13. The van der Waals surface area contributed by atoms with E-state index in [1.54, 1.807) is 76.5 Å². The van der Waals surface area contributed by atoms with Gasteiger partial charge in [0.25, 0.3) is 0 Å². The Morgan fingerprint density at radius 3 is 1.43 bits per heavy atom. The lowest BCUT2D eigenvalue weighted by Crippen LogP contribution is -2.46. The summed E-state index contributed by atoms with van der Waals surface area (Å²) in [6.45, 7) is 3.57. The van der Waals surface area contributed by atoms with Gasteiger partial charge in [-0.05, 0) is 26.0 Å². The van der Waals surface area contributed by atoms with Gasteiger partial charge in [0.2, 0.25) is 6.79 Å². The number of para-hydroxylation sites is 2. The Labute approximate surface area is 273 Å². The van der Waals surface area contributed by atoms with Gasteiger partial charge < -0.3 is 48.9 Å². The lowest BCUT2D eigenvalue weighted by atomic mass is 9.94. The van der Waals surface area contributed by atoms with Crippen LogP contribution in [-0.2, 0) is 28.5 Å². The van der Waals surface area contributed by atoms with E-state index in [0.717, 1.165) is 0 Å². The highest BCUT2D eigenvalue weighted by Gasteiger charge is 2.38. The predicted molar refractivity (Wildman–Crippen MR) is 168 cm³/mol. The fourth-order valence-electron chi connectivity index (χ4n) is 5.11. The molecular formula is C33H40N4O10. The molecule has 2 unspecified atom stereocenters. The molecule has 47 heavy (non-hydrogen) atoms. The highest BCUT2D eigenvalue weighted by atomic mass is 16.7. The van der Waals surface area contributed by atoms with Crippen LogP contribution in [0.4, 0.5) is 9.59 Å². The fraction of sp³-hybridized carbons (Fsp3) is 0.394. The summed E-state index contributed by atoms with van der Waals surface area (Å²) in [4.78, 5) is 54.6. The van der Waals surface area contributed by atoms with Crippen molar-refractivity contribution in [2.75, 3.05) is 61.5 Å². The first-order valence-electron chi connectivity index (χ1n) is 14.9. The van der Waals surface area contributed by atoms with E-state index < -0.39 is 36.1 Å². The maximum absolute atomic E-state index is 13.2. The van der Waals surface area contributed by atoms with Gasteiger partial charge in [0.1, 0.15) is 24.7 Å². The molecule has 252 valence electrons. The normalized spacial score (nSPS) is 18.1. The quantitative estimate of drug-likeness (QED) is 0.176. The van der Waals surface area contributed by atoms with Crippen LogP contribution in [0.15, 0.2) is 71.1 Å². The third-order valence-corrected chi connectivity index (χ3v) is 7.88. The molecule has 4 rings (SSSR count). The largest absolute Gasteiger partial charge is 0.460 e. The van der Waals surface area contributed by atoms with E-state index in [1.807, 2.05) is 0 Å². The number of methoxy groups -OCH3 is 2. The van der Waals surface area contributed by atoms with Crippen LogP contribution in [0.25, 0.3) is 0 Å². The summed E-state index contributed by atoms with van der Waals surface area (Å²) in [5.41, 5.74) is 2.37. The zero-order valence-electron chi connectivity index (χ0n) is 27.3. The number of nitrogens with one attached hydrogen (secondary N) is 2. The Morgan fingerprint density at radius 2 is 1.04 bits per heavy atom. The van der Waals surface area contributed by atoms with Gasteiger partial charge >= 0.3 is 24.0 Å². The van der Waals surface area contributed by atoms with Crippen LogP contribution in [0.2, 0.25) is 0 Å². The minimum Gasteiger partial charge on any atom is -0.460 e. The van der Waals surface area contributed by atoms with Crippen molar-refractivity contribution in [3.05, 3.63) is 82.2 Å². The summed E-state index contributed by atoms with van der Waals surface area (Å²) in [6, 6.07) is 11.3. The number of benzene rings is 2. The van der Waals surface area contributed by atoms with Crippen LogP contribution in [0.1, 0.15) is 37.1 Å². The highest BCUT2D eigenvalue weighted by Crippen LogP contribution is 2.37. The fourth-order valence-corrected chi connectivity index (χ4v) is 5.11. The van der Waals surface area contributed by atoms with Gasteiger partial charge in [-0.1, -0.05) is 36.4 Å². The molecule has 14 nitrogen and oxygen atoms in total. The second-order valence-corrected chi connectivity index (χ2v) is 10.6. The number of nitrogens with zero attached hydrogens (tertiary/aromatic N) is 2.